The van der Waals surface area contributed by atoms with E-state index in [0.29, 0.717) is 81.4 Å². The van der Waals surface area contributed by atoms with Gasteiger partial charge in [-0.15, -0.1) is 5.10 Å². The van der Waals surface area contributed by atoms with Crippen LogP contribution in [0.2, 0.25) is 0 Å². The first kappa shape index (κ1) is 74.7. The van der Waals surface area contributed by atoms with Gasteiger partial charge in [0.05, 0.1) is 78.3 Å². The average molecular weight is 1490 g/mol. The first-order valence-corrected chi connectivity index (χ1v) is 32.1. The van der Waals surface area contributed by atoms with E-state index in [0.717, 1.165) is 50.5 Å². The van der Waals surface area contributed by atoms with E-state index in [1.165, 1.54) is 48.7 Å². The summed E-state index contributed by atoms with van der Waals surface area (Å²) in [5.41, 5.74) is 1.61. The van der Waals surface area contributed by atoms with Gasteiger partial charge in [-0.05, 0) is 139 Å². The fourth-order valence-electron chi connectivity index (χ4n) is 11.2. The van der Waals surface area contributed by atoms with Crippen molar-refractivity contribution < 1.29 is 105 Å². The van der Waals surface area contributed by atoms with Crippen LogP contribution in [0.25, 0.3) is 11.4 Å². The van der Waals surface area contributed by atoms with Crippen LogP contribution in [-0.4, -0.2) is 132 Å². The number of carboxylic acids is 1. The first-order chi connectivity index (χ1) is 47.3. The van der Waals surface area contributed by atoms with Gasteiger partial charge in [-0.1, -0.05) is 15.9 Å². The Morgan fingerprint density at radius 3 is 1.41 bits per heavy atom. The molecule has 100 heavy (non-hydrogen) atoms. The Balaban J connectivity index is 0.000000149. The van der Waals surface area contributed by atoms with Crippen LogP contribution in [-0.2, 0) is 102 Å². The van der Waals surface area contributed by atoms with E-state index in [-0.39, 0.29) is 115 Å². The van der Waals surface area contributed by atoms with Gasteiger partial charge in [0, 0.05) is 35.3 Å². The van der Waals surface area contributed by atoms with Crippen LogP contribution in [0, 0.1) is 11.6 Å². The zero-order valence-electron chi connectivity index (χ0n) is 53.1. The Morgan fingerprint density at radius 1 is 0.530 bits per heavy atom. The van der Waals surface area contributed by atoms with Crippen molar-refractivity contribution in [3.8, 4) is 34.9 Å². The van der Waals surface area contributed by atoms with Gasteiger partial charge in [0.1, 0.15) is 42.7 Å². The average Bonchev–Trinajstić information content (AvgIpc) is 1.62. The third kappa shape index (κ3) is 18.3. The molecule has 3 N–H and O–H groups in total. The van der Waals surface area contributed by atoms with Gasteiger partial charge >= 0.3 is 30.7 Å². The van der Waals surface area contributed by atoms with Crippen LogP contribution < -0.4 is 29.2 Å². The number of ether oxygens (including phenoxy) is 4. The minimum atomic E-state index is -4.62. The Labute approximate surface area is 566 Å². The highest BCUT2D eigenvalue weighted by molar-refractivity contribution is 9.09. The number of benzene rings is 2. The van der Waals surface area contributed by atoms with Crippen molar-refractivity contribution in [3.05, 3.63) is 129 Å². The van der Waals surface area contributed by atoms with Crippen molar-refractivity contribution in [2.75, 3.05) is 55.1 Å². The molecule has 540 valence electrons. The molecule has 38 heteroatoms. The van der Waals surface area contributed by atoms with Crippen molar-refractivity contribution in [1.82, 2.24) is 59.1 Å². The molecule has 12 heterocycles. The number of fused-ring (bicyclic) bond motifs is 6. The van der Waals surface area contributed by atoms with Crippen molar-refractivity contribution in [2.45, 2.75) is 135 Å². The third-order valence-corrected chi connectivity index (χ3v) is 16.2. The number of hydrogen-bond donors (Lipinski definition) is 3. The second kappa shape index (κ2) is 31.8. The Bertz CT molecular complexity index is 4090. The lowest BCUT2D eigenvalue weighted by atomic mass is 10.1. The van der Waals surface area contributed by atoms with Crippen LogP contribution in [0.5, 0.6) is 23.5 Å². The van der Waals surface area contributed by atoms with Crippen molar-refractivity contribution in [2.24, 2.45) is 0 Å². The van der Waals surface area contributed by atoms with Crippen LogP contribution in [0.4, 0.5) is 72.8 Å². The molecule has 1 amide bonds. The van der Waals surface area contributed by atoms with E-state index >= 15 is 0 Å². The summed E-state index contributed by atoms with van der Waals surface area (Å²) in [6.45, 7) is 4.38. The Kier molecular flexibility index (Phi) is 23.7. The molecule has 0 saturated carbocycles. The number of amides is 1. The molecule has 0 fully saturated rings. The Hall–Kier alpha value is -9.52. The summed E-state index contributed by atoms with van der Waals surface area (Å²) in [6.07, 6.45) is -8.12. The summed E-state index contributed by atoms with van der Waals surface area (Å²) in [6, 6.07) is 12.3. The number of alkyl halides is 13. The largest absolute Gasteiger partial charge is 0.480 e. The summed E-state index contributed by atoms with van der Waals surface area (Å²) in [5.74, 6) is -2.24. The summed E-state index contributed by atoms with van der Waals surface area (Å²) in [4.78, 5) is 45.9. The van der Waals surface area contributed by atoms with E-state index in [4.69, 9.17) is 24.1 Å². The van der Waals surface area contributed by atoms with Gasteiger partial charge in [-0.2, -0.15) is 78.2 Å². The minimum absolute atomic E-state index is 0.0000117. The molecule has 0 atom stereocenters. The zero-order chi connectivity index (χ0) is 72.4. The number of aliphatic carboxylic acids is 1. The van der Waals surface area contributed by atoms with Crippen molar-refractivity contribution in [3.63, 3.8) is 0 Å². The molecule has 0 spiro atoms. The van der Waals surface area contributed by atoms with Gasteiger partial charge in [0.2, 0.25) is 29.4 Å². The maximum atomic E-state index is 13.4. The van der Waals surface area contributed by atoms with E-state index < -0.39 is 65.9 Å². The highest BCUT2D eigenvalue weighted by Gasteiger charge is 2.44. The minimum Gasteiger partial charge on any atom is -0.480 e. The molecule has 0 bridgehead atoms. The maximum absolute atomic E-state index is 13.4. The maximum Gasteiger partial charge on any atom is 0.435 e. The summed E-state index contributed by atoms with van der Waals surface area (Å²) >= 11 is 2.96. The SMILES string of the molecule is CC(=O)CBr.CC(=O)Cn1nc(C(F)(F)F)c2c1OCCC2.FC(F)(F)c1[nH]nc2c1CCCO2.Fc1ccc(-n2ncc3c2CCCN3)cc1.O=C(Cn1nc(C(F)(F)F)c2c1OCCC2)N1CCCc2c1cnn2-c1ccc(F)cc1.O=C(O)Cn1nc(C(F)(F)F)c2c1OCCC2. The van der Waals surface area contributed by atoms with Gasteiger partial charge in [-0.3, -0.25) is 24.3 Å². The number of nitrogens with zero attached hydrogens (tertiary/aromatic N) is 12. The standard InChI is InChI=1S/C21H19F4N5O2.C12H12FN3.C10H11F3N2O2.C9H9F3N2O3.C7H7F3N2O.C3H5BrO/c22-13-5-7-14(8-6-13)30-16-4-1-9-28(17(16)11-26-30)18(31)12-29-20-15(3-2-10-32-20)19(27-29)21(23,24)25;13-9-3-5-10(6-4-9)16-12-2-1-7-14-11(12)8-15-16;1-6(16)5-15-9-7(3-2-4-17-9)8(14-15)10(11,12)13;10-9(11,12)7-5-2-1-3-17-8(5)14(13-7)4-6(15)16;8-7(9,10)5-4-2-1-3-13-6(4)12-11-5;1-3(5)2-4/h5-8,11H,1-4,9-10,12H2;3-6,8,14H,1-2,7H2;2-5H2,1H3;1-4H2,(H,15,16);1-3H2,(H,11,12);2H2,1H3. The predicted octanol–water partition coefficient (Wildman–Crippen LogP) is 11.8. The van der Waals surface area contributed by atoms with E-state index in [1.807, 2.05) is 16.0 Å². The molecule has 6 aliphatic heterocycles. The summed E-state index contributed by atoms with van der Waals surface area (Å²) < 4.78 is 206. The molecule has 23 nitrogen and oxygen atoms in total. The number of hydrogen-bond acceptors (Lipinski definition) is 15. The predicted molar refractivity (Wildman–Crippen MR) is 328 cm³/mol. The van der Waals surface area contributed by atoms with E-state index in [1.54, 1.807) is 35.1 Å². The van der Waals surface area contributed by atoms with Crippen molar-refractivity contribution >= 4 is 50.7 Å². The van der Waals surface area contributed by atoms with Crippen LogP contribution in [0.15, 0.2) is 60.9 Å². The third-order valence-electron chi connectivity index (χ3n) is 15.4. The molecule has 0 radical (unpaired) electrons. The van der Waals surface area contributed by atoms with Crippen LogP contribution in [0.1, 0.15) is 109 Å². The van der Waals surface area contributed by atoms with Gasteiger partial charge in [-0.25, -0.2) is 32.2 Å². The molecule has 0 aliphatic carbocycles. The number of nitrogens with one attached hydrogen (secondary N) is 2. The molecule has 6 aliphatic rings. The number of Topliss-reactive ketones (excluding diaryl/α,β-unsaturated/α-hetero) is 2. The molecular formula is C62H63BrF14N14O9. The second-order valence-corrected chi connectivity index (χ2v) is 23.5. The monoisotopic (exact) mass is 1490 g/mol. The number of anilines is 2. The second-order valence-electron chi connectivity index (χ2n) is 22.9. The smallest absolute Gasteiger partial charge is 0.435 e. The summed E-state index contributed by atoms with van der Waals surface area (Å²) in [7, 11) is 0. The van der Waals surface area contributed by atoms with E-state index in [9.17, 15) is 80.6 Å². The number of carbonyl (C=O) groups is 4. The molecular weight excluding hydrogens is 1430 g/mol. The molecule has 6 aromatic heterocycles. The first-order valence-electron chi connectivity index (χ1n) is 30.9. The van der Waals surface area contributed by atoms with E-state index in [2.05, 4.69) is 51.8 Å². The normalized spacial score (nSPS) is 15.1. The fraction of sp³-hybridized carbons (Fsp3) is 0.452. The summed E-state index contributed by atoms with van der Waals surface area (Å²) in [5, 5.41) is 36.9. The zero-order valence-corrected chi connectivity index (χ0v) is 54.7. The molecule has 0 unspecified atom stereocenters. The molecule has 8 aromatic rings. The number of aromatic amines is 1. The number of ketones is 2. The number of rotatable bonds is 9. The van der Waals surface area contributed by atoms with Gasteiger partial charge < -0.3 is 34.3 Å². The lowest BCUT2D eigenvalue weighted by molar-refractivity contribution is -0.143. The quantitative estimate of drug-likeness (QED) is 0.0896. The number of H-pyrrole nitrogens is 1. The number of halogens is 15. The number of carbonyl (C=O) groups excluding carboxylic acids is 3. The van der Waals surface area contributed by atoms with Crippen LogP contribution >= 0.6 is 15.9 Å². The van der Waals surface area contributed by atoms with Crippen molar-refractivity contribution in [1.29, 1.82) is 0 Å². The number of carboxylic acid groups (broad SMARTS) is 1. The lowest BCUT2D eigenvalue weighted by Gasteiger charge is -2.27. The number of aromatic nitrogens is 12. The van der Waals surface area contributed by atoms with Gasteiger partial charge in [0.15, 0.2) is 22.9 Å². The highest BCUT2D eigenvalue weighted by Crippen LogP contribution is 2.42. The lowest BCUT2D eigenvalue weighted by Crippen LogP contribution is -2.38. The molecule has 2 aromatic carbocycles. The topological polar surface area (TPSA) is 258 Å². The molecule has 0 saturated heterocycles. The Morgan fingerprint density at radius 2 is 0.960 bits per heavy atom. The fourth-order valence-corrected chi connectivity index (χ4v) is 11.2. The van der Waals surface area contributed by atoms with Crippen LogP contribution in [0.3, 0.4) is 0 Å². The molecule has 14 rings (SSSR count). The highest BCUT2D eigenvalue weighted by atomic mass is 79.9. The van der Waals surface area contributed by atoms with Gasteiger partial charge in [0.25, 0.3) is 0 Å².